The van der Waals surface area contributed by atoms with E-state index in [9.17, 15) is 22.4 Å². The summed E-state index contributed by atoms with van der Waals surface area (Å²) in [5, 5.41) is 8.97. The average Bonchev–Trinajstić information content (AvgIpc) is 2.13. The summed E-state index contributed by atoms with van der Waals surface area (Å²) in [5.74, 6) is -4.02. The van der Waals surface area contributed by atoms with Gasteiger partial charge >= 0.3 is 12.1 Å². The van der Waals surface area contributed by atoms with Crippen molar-refractivity contribution in [3.8, 4) is 0 Å². The number of aliphatic carboxylic acids is 1. The lowest BCUT2D eigenvalue weighted by atomic mass is 9.88. The molecule has 1 atom stereocenters. The number of alkyl halides is 3. The van der Waals surface area contributed by atoms with Gasteiger partial charge in [0.05, 0.1) is 11.5 Å². The van der Waals surface area contributed by atoms with Crippen molar-refractivity contribution in [2.75, 3.05) is 0 Å². The first kappa shape index (κ1) is 14.5. The highest BCUT2D eigenvalue weighted by Crippen LogP contribution is 2.34. The number of carbonyl (C=O) groups is 1. The Morgan fingerprint density at radius 3 is 2.17 bits per heavy atom. The molecule has 100 valence electrons. The number of hydrogen-bond donors (Lipinski definition) is 1. The van der Waals surface area contributed by atoms with Crippen molar-refractivity contribution in [1.29, 1.82) is 0 Å². The third kappa shape index (κ3) is 3.00. The van der Waals surface area contributed by atoms with Gasteiger partial charge in [0.15, 0.2) is 0 Å². The lowest BCUT2D eigenvalue weighted by Crippen LogP contribution is -2.18. The molecule has 0 bridgehead atoms. The molecule has 0 saturated carbocycles. The highest BCUT2D eigenvalue weighted by Gasteiger charge is 2.35. The largest absolute Gasteiger partial charge is 0.481 e. The predicted octanol–water partition coefficient (Wildman–Crippen LogP) is 3.67. The van der Waals surface area contributed by atoms with Gasteiger partial charge in [-0.2, -0.15) is 13.2 Å². The molecule has 0 aliphatic carbocycles. The van der Waals surface area contributed by atoms with Crippen LogP contribution in [0.25, 0.3) is 0 Å². The maximum absolute atomic E-state index is 13.3. The van der Waals surface area contributed by atoms with E-state index in [-0.39, 0.29) is 11.5 Å². The number of carboxylic acid groups (broad SMARTS) is 1. The summed E-state index contributed by atoms with van der Waals surface area (Å²) in [6.45, 7) is 3.21. The van der Waals surface area contributed by atoms with Gasteiger partial charge in [0, 0.05) is 0 Å². The minimum absolute atomic E-state index is 0.0306. The minimum Gasteiger partial charge on any atom is -0.481 e. The predicted molar refractivity (Wildman–Crippen MR) is 56.6 cm³/mol. The zero-order valence-electron chi connectivity index (χ0n) is 9.75. The fourth-order valence-electron chi connectivity index (χ4n) is 1.77. The fraction of sp³-hybridized carbons (Fsp3) is 0.417. The molecule has 0 radical (unpaired) electrons. The number of carboxylic acids is 1. The Kier molecular flexibility index (Phi) is 3.98. The van der Waals surface area contributed by atoms with Crippen LogP contribution in [0.2, 0.25) is 0 Å². The van der Waals surface area contributed by atoms with Crippen LogP contribution in [0, 0.1) is 11.7 Å². The molecule has 1 N–H and O–H groups in total. The van der Waals surface area contributed by atoms with Gasteiger partial charge in [-0.15, -0.1) is 0 Å². The molecule has 0 aromatic heterocycles. The summed E-state index contributed by atoms with van der Waals surface area (Å²) >= 11 is 0. The Bertz CT molecular complexity index is 452. The molecule has 18 heavy (non-hydrogen) atoms. The van der Waals surface area contributed by atoms with E-state index in [4.69, 9.17) is 5.11 Å². The standard InChI is InChI=1S/C12H12F4O2/c1-6(2)10(11(17)18)7-3-4-8(9(13)5-7)12(14,15)16/h3-6,10H,1-2H3,(H,17,18). The highest BCUT2D eigenvalue weighted by atomic mass is 19.4. The van der Waals surface area contributed by atoms with E-state index >= 15 is 0 Å². The average molecular weight is 264 g/mol. The third-order valence-corrected chi connectivity index (χ3v) is 2.59. The molecule has 2 nitrogen and oxygen atoms in total. The molecule has 1 aromatic carbocycles. The molecule has 0 saturated heterocycles. The zero-order chi connectivity index (χ0) is 14.1. The Morgan fingerprint density at radius 2 is 1.83 bits per heavy atom. The monoisotopic (exact) mass is 264 g/mol. The maximum atomic E-state index is 13.3. The smallest absolute Gasteiger partial charge is 0.419 e. The second-order valence-corrected chi connectivity index (χ2v) is 4.30. The van der Waals surface area contributed by atoms with Crippen molar-refractivity contribution < 1.29 is 27.5 Å². The van der Waals surface area contributed by atoms with Crippen LogP contribution < -0.4 is 0 Å². The first-order chi connectivity index (χ1) is 8.14. The normalized spacial score (nSPS) is 13.7. The second kappa shape index (κ2) is 4.96. The molecule has 0 aliphatic heterocycles. The van der Waals surface area contributed by atoms with Gasteiger partial charge in [-0.05, 0) is 23.6 Å². The van der Waals surface area contributed by atoms with Gasteiger partial charge in [0.2, 0.25) is 0 Å². The molecule has 0 spiro atoms. The molecule has 6 heteroatoms. The van der Waals surface area contributed by atoms with Crippen molar-refractivity contribution in [3.05, 3.63) is 35.1 Å². The molecular formula is C12H12F4O2. The molecule has 0 aliphatic rings. The maximum Gasteiger partial charge on any atom is 0.419 e. The quantitative estimate of drug-likeness (QED) is 0.846. The summed E-state index contributed by atoms with van der Waals surface area (Å²) < 4.78 is 50.3. The second-order valence-electron chi connectivity index (χ2n) is 4.30. The number of rotatable bonds is 3. The van der Waals surface area contributed by atoms with Crippen LogP contribution in [0.15, 0.2) is 18.2 Å². The molecule has 0 amide bonds. The van der Waals surface area contributed by atoms with Crippen LogP contribution in [0.1, 0.15) is 30.9 Å². The van der Waals surface area contributed by atoms with E-state index in [0.29, 0.717) is 12.1 Å². The van der Waals surface area contributed by atoms with E-state index < -0.39 is 29.4 Å². The van der Waals surface area contributed by atoms with E-state index in [0.717, 1.165) is 6.07 Å². The molecule has 1 rings (SSSR count). The third-order valence-electron chi connectivity index (χ3n) is 2.59. The van der Waals surface area contributed by atoms with Crippen molar-refractivity contribution >= 4 is 5.97 Å². The first-order valence-electron chi connectivity index (χ1n) is 5.24. The first-order valence-corrected chi connectivity index (χ1v) is 5.24. The van der Waals surface area contributed by atoms with Gasteiger partial charge in [0.1, 0.15) is 5.82 Å². The summed E-state index contributed by atoms with van der Waals surface area (Å²) in [5.41, 5.74) is -1.36. The van der Waals surface area contributed by atoms with Crippen LogP contribution in [0.5, 0.6) is 0 Å². The van der Waals surface area contributed by atoms with Crippen LogP contribution in [0.4, 0.5) is 17.6 Å². The lowest BCUT2D eigenvalue weighted by molar-refractivity contribution is -0.140. The highest BCUT2D eigenvalue weighted by molar-refractivity contribution is 5.76. The lowest BCUT2D eigenvalue weighted by Gasteiger charge is -2.17. The summed E-state index contributed by atoms with van der Waals surface area (Å²) in [6, 6.07) is 2.22. The van der Waals surface area contributed by atoms with Gasteiger partial charge in [-0.3, -0.25) is 4.79 Å². The number of halogens is 4. The van der Waals surface area contributed by atoms with Gasteiger partial charge in [0.25, 0.3) is 0 Å². The van der Waals surface area contributed by atoms with Crippen molar-refractivity contribution in [1.82, 2.24) is 0 Å². The van der Waals surface area contributed by atoms with E-state index in [1.54, 1.807) is 13.8 Å². The summed E-state index contributed by atoms with van der Waals surface area (Å²) in [6.07, 6.45) is -4.78. The Hall–Kier alpha value is -1.59. The zero-order valence-corrected chi connectivity index (χ0v) is 9.75. The summed E-state index contributed by atoms with van der Waals surface area (Å²) in [7, 11) is 0. The van der Waals surface area contributed by atoms with E-state index in [1.807, 2.05) is 0 Å². The van der Waals surface area contributed by atoms with Gasteiger partial charge in [-0.1, -0.05) is 19.9 Å². The molecule has 1 unspecified atom stereocenters. The van der Waals surface area contributed by atoms with Crippen LogP contribution >= 0.6 is 0 Å². The van der Waals surface area contributed by atoms with Crippen LogP contribution in [-0.4, -0.2) is 11.1 Å². The van der Waals surface area contributed by atoms with Crippen molar-refractivity contribution in [3.63, 3.8) is 0 Å². The molecule has 0 fully saturated rings. The number of benzene rings is 1. The Balaban J connectivity index is 3.22. The number of hydrogen-bond acceptors (Lipinski definition) is 1. The van der Waals surface area contributed by atoms with Crippen LogP contribution in [0.3, 0.4) is 0 Å². The molecule has 0 heterocycles. The van der Waals surface area contributed by atoms with Crippen LogP contribution in [-0.2, 0) is 11.0 Å². The Morgan fingerprint density at radius 1 is 1.28 bits per heavy atom. The van der Waals surface area contributed by atoms with Gasteiger partial charge < -0.3 is 5.11 Å². The Labute approximate surface area is 101 Å². The fourth-order valence-corrected chi connectivity index (χ4v) is 1.77. The SMILES string of the molecule is CC(C)C(C(=O)O)c1ccc(C(F)(F)F)c(F)c1. The van der Waals surface area contributed by atoms with E-state index in [1.165, 1.54) is 0 Å². The molecular weight excluding hydrogens is 252 g/mol. The minimum atomic E-state index is -4.78. The summed E-state index contributed by atoms with van der Waals surface area (Å²) in [4.78, 5) is 11.0. The molecule has 1 aromatic rings. The van der Waals surface area contributed by atoms with Gasteiger partial charge in [-0.25, -0.2) is 4.39 Å². The van der Waals surface area contributed by atoms with E-state index in [2.05, 4.69) is 0 Å². The van der Waals surface area contributed by atoms with Crippen molar-refractivity contribution in [2.45, 2.75) is 25.9 Å². The van der Waals surface area contributed by atoms with Crippen molar-refractivity contribution in [2.24, 2.45) is 5.92 Å². The topological polar surface area (TPSA) is 37.3 Å².